The summed E-state index contributed by atoms with van der Waals surface area (Å²) < 4.78 is 41.9. The monoisotopic (exact) mass is 474 g/mol. The van der Waals surface area contributed by atoms with Crippen molar-refractivity contribution in [2.75, 3.05) is 11.9 Å². The molecule has 1 aliphatic heterocycles. The number of halogens is 3. The first-order valence-electron chi connectivity index (χ1n) is 8.32. The van der Waals surface area contributed by atoms with Crippen molar-refractivity contribution < 1.29 is 17.6 Å². The highest BCUT2D eigenvalue weighted by atomic mass is 79.9. The molecule has 1 heterocycles. The van der Waals surface area contributed by atoms with Crippen LogP contribution in [0.5, 0.6) is 0 Å². The lowest BCUT2D eigenvalue weighted by Crippen LogP contribution is -2.49. The van der Waals surface area contributed by atoms with E-state index in [-0.39, 0.29) is 22.2 Å². The van der Waals surface area contributed by atoms with Gasteiger partial charge in [0.15, 0.2) is 0 Å². The van der Waals surface area contributed by atoms with Gasteiger partial charge in [-0.1, -0.05) is 34.0 Å². The standard InChI is InChI=1S/C18H17BrClFN2O3S/c19-12-4-7-14(8-5-12)27(25,26)23-10-2-1-3-17(23)18(24)22-16-11-13(20)6-9-15(16)21/h4-9,11,17H,1-3,10H2,(H,22,24)/t17-/m1/s1. The topological polar surface area (TPSA) is 66.5 Å². The van der Waals surface area contributed by atoms with Crippen LogP contribution in [-0.4, -0.2) is 31.2 Å². The van der Waals surface area contributed by atoms with Crippen molar-refractivity contribution in [3.05, 3.63) is 57.8 Å². The fourth-order valence-electron chi connectivity index (χ4n) is 3.01. The molecule has 1 fully saturated rings. The van der Waals surface area contributed by atoms with Gasteiger partial charge < -0.3 is 5.32 Å². The largest absolute Gasteiger partial charge is 0.322 e. The van der Waals surface area contributed by atoms with Gasteiger partial charge in [0.1, 0.15) is 11.9 Å². The average molecular weight is 476 g/mol. The Labute approximate surface area is 170 Å². The molecule has 1 aliphatic rings. The number of piperidine rings is 1. The first-order chi connectivity index (χ1) is 12.8. The Morgan fingerprint density at radius 2 is 1.89 bits per heavy atom. The molecule has 2 aromatic rings. The lowest BCUT2D eigenvalue weighted by atomic mass is 10.0. The molecule has 0 aliphatic carbocycles. The second-order valence-electron chi connectivity index (χ2n) is 6.19. The summed E-state index contributed by atoms with van der Waals surface area (Å²) in [5.74, 6) is -1.21. The molecular formula is C18H17BrClFN2O3S. The zero-order valence-electron chi connectivity index (χ0n) is 14.2. The van der Waals surface area contributed by atoms with Crippen LogP contribution in [0.2, 0.25) is 5.02 Å². The van der Waals surface area contributed by atoms with E-state index in [0.29, 0.717) is 19.3 Å². The Morgan fingerprint density at radius 3 is 2.59 bits per heavy atom. The smallest absolute Gasteiger partial charge is 0.243 e. The maximum atomic E-state index is 13.9. The summed E-state index contributed by atoms with van der Waals surface area (Å²) in [5, 5.41) is 2.74. The van der Waals surface area contributed by atoms with Crippen molar-refractivity contribution in [1.82, 2.24) is 4.31 Å². The molecule has 0 radical (unpaired) electrons. The SMILES string of the molecule is O=C(Nc1cc(Cl)ccc1F)[C@H]1CCCCN1S(=O)(=O)c1ccc(Br)cc1. The summed E-state index contributed by atoms with van der Waals surface area (Å²) in [6.45, 7) is 0.231. The third kappa shape index (κ3) is 4.51. The third-order valence-corrected chi connectivity index (χ3v) is 7.05. The number of nitrogens with zero attached hydrogens (tertiary/aromatic N) is 1. The molecule has 0 spiro atoms. The highest BCUT2D eigenvalue weighted by Gasteiger charge is 2.37. The van der Waals surface area contributed by atoms with E-state index in [4.69, 9.17) is 11.6 Å². The normalized spacial score (nSPS) is 18.3. The van der Waals surface area contributed by atoms with Gasteiger partial charge in [-0.05, 0) is 55.3 Å². The second kappa shape index (κ2) is 8.26. The fraction of sp³-hybridized carbons (Fsp3) is 0.278. The van der Waals surface area contributed by atoms with E-state index >= 15 is 0 Å². The maximum Gasteiger partial charge on any atom is 0.243 e. The molecule has 2 aromatic carbocycles. The molecule has 9 heteroatoms. The Kier molecular flexibility index (Phi) is 6.20. The minimum absolute atomic E-state index is 0.0703. The number of carbonyl (C=O) groups is 1. The van der Waals surface area contributed by atoms with Gasteiger partial charge >= 0.3 is 0 Å². The van der Waals surface area contributed by atoms with E-state index in [9.17, 15) is 17.6 Å². The summed E-state index contributed by atoms with van der Waals surface area (Å²) in [7, 11) is -3.85. The molecule has 5 nitrogen and oxygen atoms in total. The van der Waals surface area contributed by atoms with Gasteiger partial charge in [-0.25, -0.2) is 12.8 Å². The van der Waals surface area contributed by atoms with Crippen LogP contribution >= 0.6 is 27.5 Å². The van der Waals surface area contributed by atoms with Crippen LogP contribution < -0.4 is 5.32 Å². The summed E-state index contributed by atoms with van der Waals surface area (Å²) in [6.07, 6.45) is 1.73. The van der Waals surface area contributed by atoms with E-state index in [1.165, 1.54) is 28.6 Å². The van der Waals surface area contributed by atoms with Crippen molar-refractivity contribution in [1.29, 1.82) is 0 Å². The molecule has 1 N–H and O–H groups in total. The highest BCUT2D eigenvalue weighted by molar-refractivity contribution is 9.10. The van der Waals surface area contributed by atoms with Crippen molar-refractivity contribution in [2.24, 2.45) is 0 Å². The summed E-state index contributed by atoms with van der Waals surface area (Å²) in [5.41, 5.74) is -0.0703. The highest BCUT2D eigenvalue weighted by Crippen LogP contribution is 2.28. The van der Waals surface area contributed by atoms with Crippen LogP contribution in [0.3, 0.4) is 0 Å². The van der Waals surface area contributed by atoms with Crippen LogP contribution in [0.25, 0.3) is 0 Å². The lowest BCUT2D eigenvalue weighted by molar-refractivity contribution is -0.120. The summed E-state index contributed by atoms with van der Waals surface area (Å²) in [6, 6.07) is 9.14. The van der Waals surface area contributed by atoms with Gasteiger partial charge in [-0.2, -0.15) is 4.31 Å². The minimum atomic E-state index is -3.85. The number of amides is 1. The molecule has 1 atom stereocenters. The molecule has 0 unspecified atom stereocenters. The van der Waals surface area contributed by atoms with E-state index in [2.05, 4.69) is 21.2 Å². The van der Waals surface area contributed by atoms with E-state index in [1.807, 2.05) is 0 Å². The van der Waals surface area contributed by atoms with Crippen LogP contribution in [0.1, 0.15) is 19.3 Å². The molecular weight excluding hydrogens is 459 g/mol. The third-order valence-electron chi connectivity index (χ3n) is 4.36. The van der Waals surface area contributed by atoms with Crippen LogP contribution in [0.4, 0.5) is 10.1 Å². The van der Waals surface area contributed by atoms with Gasteiger partial charge in [0, 0.05) is 16.0 Å². The Morgan fingerprint density at radius 1 is 1.19 bits per heavy atom. The van der Waals surface area contributed by atoms with Gasteiger partial charge in [0.2, 0.25) is 15.9 Å². The fourth-order valence-corrected chi connectivity index (χ4v) is 5.10. The van der Waals surface area contributed by atoms with Gasteiger partial charge in [-0.3, -0.25) is 4.79 Å². The molecule has 0 aromatic heterocycles. The first kappa shape index (κ1) is 20.3. The van der Waals surface area contributed by atoms with Crippen molar-refractivity contribution in [3.63, 3.8) is 0 Å². The van der Waals surface area contributed by atoms with Gasteiger partial charge in [-0.15, -0.1) is 0 Å². The second-order valence-corrected chi connectivity index (χ2v) is 9.44. The van der Waals surface area contributed by atoms with E-state index in [1.54, 1.807) is 12.1 Å². The van der Waals surface area contributed by atoms with E-state index in [0.717, 1.165) is 10.5 Å². The Bertz CT molecular complexity index is 954. The predicted molar refractivity (Wildman–Crippen MR) is 106 cm³/mol. The number of sulfonamides is 1. The van der Waals surface area contributed by atoms with Crippen LogP contribution in [0.15, 0.2) is 51.8 Å². The quantitative estimate of drug-likeness (QED) is 0.712. The predicted octanol–water partition coefficient (Wildman–Crippen LogP) is 4.42. The van der Waals surface area contributed by atoms with Crippen LogP contribution in [0, 0.1) is 5.82 Å². The molecule has 1 saturated heterocycles. The van der Waals surface area contributed by atoms with Crippen molar-refractivity contribution >= 4 is 49.1 Å². The summed E-state index contributed by atoms with van der Waals surface area (Å²) in [4.78, 5) is 12.8. The number of rotatable bonds is 4. The molecule has 0 saturated carbocycles. The lowest BCUT2D eigenvalue weighted by Gasteiger charge is -2.33. The Balaban J connectivity index is 1.87. The number of hydrogen-bond acceptors (Lipinski definition) is 3. The zero-order valence-corrected chi connectivity index (χ0v) is 17.3. The number of anilines is 1. The maximum absolute atomic E-state index is 13.9. The number of hydrogen-bond donors (Lipinski definition) is 1. The Hall–Kier alpha value is -1.48. The first-order valence-corrected chi connectivity index (χ1v) is 10.9. The number of carbonyl (C=O) groups excluding carboxylic acids is 1. The van der Waals surface area contributed by atoms with Crippen LogP contribution in [-0.2, 0) is 14.8 Å². The molecule has 0 bridgehead atoms. The minimum Gasteiger partial charge on any atom is -0.322 e. The summed E-state index contributed by atoms with van der Waals surface area (Å²) >= 11 is 9.13. The molecule has 1 amide bonds. The van der Waals surface area contributed by atoms with Gasteiger partial charge in [0.25, 0.3) is 0 Å². The molecule has 27 heavy (non-hydrogen) atoms. The van der Waals surface area contributed by atoms with Gasteiger partial charge in [0.05, 0.1) is 10.6 Å². The number of benzene rings is 2. The molecule has 144 valence electrons. The average Bonchev–Trinajstić information content (AvgIpc) is 2.65. The zero-order chi connectivity index (χ0) is 19.6. The van der Waals surface area contributed by atoms with Crippen molar-refractivity contribution in [3.8, 4) is 0 Å². The number of nitrogens with one attached hydrogen (secondary N) is 1. The van der Waals surface area contributed by atoms with E-state index < -0.39 is 27.8 Å². The molecule has 3 rings (SSSR count). The van der Waals surface area contributed by atoms with Crippen molar-refractivity contribution in [2.45, 2.75) is 30.2 Å².